The van der Waals surface area contributed by atoms with Gasteiger partial charge >= 0.3 is 6.09 Å². The van der Waals surface area contributed by atoms with Gasteiger partial charge in [0.2, 0.25) is 5.91 Å². The van der Waals surface area contributed by atoms with Crippen molar-refractivity contribution in [1.82, 2.24) is 10.2 Å². The minimum Gasteiger partial charge on any atom is -0.450 e. The maximum Gasteiger partial charge on any atom is 0.407 e. The van der Waals surface area contributed by atoms with Gasteiger partial charge < -0.3 is 15.0 Å². The van der Waals surface area contributed by atoms with Gasteiger partial charge in [-0.05, 0) is 44.6 Å². The summed E-state index contributed by atoms with van der Waals surface area (Å²) in [6, 6.07) is 7.00. The Labute approximate surface area is 143 Å². The molecule has 1 saturated heterocycles. The zero-order valence-corrected chi connectivity index (χ0v) is 14.7. The molecule has 0 radical (unpaired) electrons. The van der Waals surface area contributed by atoms with Crippen molar-refractivity contribution in [2.45, 2.75) is 45.1 Å². The number of hydrogen-bond acceptors (Lipinski definition) is 3. The lowest BCUT2D eigenvalue weighted by atomic mass is 9.74. The van der Waals surface area contributed by atoms with Crippen LogP contribution in [0.1, 0.15) is 41.9 Å². The molecular weight excluding hydrogens is 304 g/mol. The second-order valence-corrected chi connectivity index (χ2v) is 7.19. The number of rotatable bonds is 3. The molecule has 1 aliphatic heterocycles. The molecule has 2 amide bonds. The zero-order valence-electron chi connectivity index (χ0n) is 14.7. The van der Waals surface area contributed by atoms with Crippen LogP contribution >= 0.6 is 0 Å². The molecule has 130 valence electrons. The molecule has 1 aliphatic carbocycles. The van der Waals surface area contributed by atoms with E-state index in [4.69, 9.17) is 4.74 Å². The number of carbonyl (C=O) groups excluding carboxylic acids is 2. The van der Waals surface area contributed by atoms with E-state index in [0.717, 1.165) is 12.8 Å². The van der Waals surface area contributed by atoms with Gasteiger partial charge in [0.05, 0.1) is 12.5 Å². The minimum absolute atomic E-state index is 0.115. The topological polar surface area (TPSA) is 58.6 Å². The summed E-state index contributed by atoms with van der Waals surface area (Å²) in [5, 5.41) is 2.64. The van der Waals surface area contributed by atoms with Crippen LogP contribution in [0.2, 0.25) is 0 Å². The first-order valence-corrected chi connectivity index (χ1v) is 8.69. The van der Waals surface area contributed by atoms with E-state index < -0.39 is 6.09 Å². The molecule has 5 nitrogen and oxygen atoms in total. The minimum atomic E-state index is -0.425. The van der Waals surface area contributed by atoms with E-state index in [1.165, 1.54) is 16.7 Å². The fraction of sp³-hybridized carbons (Fsp3) is 0.579. The van der Waals surface area contributed by atoms with Crippen molar-refractivity contribution in [1.29, 1.82) is 0 Å². The molecule has 1 heterocycles. The summed E-state index contributed by atoms with van der Waals surface area (Å²) in [5.41, 5.74) is 3.99. The molecule has 5 heteroatoms. The van der Waals surface area contributed by atoms with Crippen molar-refractivity contribution >= 4 is 12.0 Å². The molecule has 1 aromatic carbocycles. The molecule has 0 bridgehead atoms. The van der Waals surface area contributed by atoms with Gasteiger partial charge in [-0.2, -0.15) is 0 Å². The van der Waals surface area contributed by atoms with Crippen molar-refractivity contribution in [3.05, 3.63) is 34.9 Å². The predicted molar refractivity (Wildman–Crippen MR) is 91.9 cm³/mol. The van der Waals surface area contributed by atoms with Gasteiger partial charge in [-0.25, -0.2) is 4.79 Å². The van der Waals surface area contributed by atoms with Crippen LogP contribution in [0.5, 0.6) is 0 Å². The number of nitrogens with zero attached hydrogens (tertiary/aromatic N) is 1. The standard InChI is InChI=1S/C19H26N2O3/c1-12-6-13(2)8-15(7-12)16-9-17(10-16)21(3)18(22)14-4-5-24-19(23)20-11-14/h6-8,14,16-17H,4-5,9-11H2,1-3H3,(H,20,23)/t14-,16?,17?/m1/s1. The smallest absolute Gasteiger partial charge is 0.407 e. The summed E-state index contributed by atoms with van der Waals surface area (Å²) in [6.45, 7) is 4.94. The van der Waals surface area contributed by atoms with Crippen LogP contribution in [0.15, 0.2) is 18.2 Å². The Balaban J connectivity index is 1.56. The highest BCUT2D eigenvalue weighted by molar-refractivity contribution is 5.80. The van der Waals surface area contributed by atoms with Crippen molar-refractivity contribution in [3.63, 3.8) is 0 Å². The number of carbonyl (C=O) groups is 2. The van der Waals surface area contributed by atoms with E-state index in [-0.39, 0.29) is 11.8 Å². The van der Waals surface area contributed by atoms with Crippen LogP contribution in [0.25, 0.3) is 0 Å². The van der Waals surface area contributed by atoms with Gasteiger partial charge in [-0.1, -0.05) is 29.3 Å². The number of benzene rings is 1. The largest absolute Gasteiger partial charge is 0.450 e. The van der Waals surface area contributed by atoms with E-state index in [0.29, 0.717) is 31.5 Å². The first-order valence-electron chi connectivity index (χ1n) is 8.69. The number of nitrogens with one attached hydrogen (secondary N) is 1. The Hall–Kier alpha value is -2.04. The van der Waals surface area contributed by atoms with Gasteiger partial charge in [0.1, 0.15) is 0 Å². The third-order valence-electron chi connectivity index (χ3n) is 5.27. The summed E-state index contributed by atoms with van der Waals surface area (Å²) < 4.78 is 4.94. The lowest BCUT2D eigenvalue weighted by Crippen LogP contribution is -2.48. The summed E-state index contributed by atoms with van der Waals surface area (Å²) in [6.07, 6.45) is 2.20. The lowest BCUT2D eigenvalue weighted by Gasteiger charge is -2.42. The zero-order chi connectivity index (χ0) is 17.3. The molecular formula is C19H26N2O3. The Morgan fingerprint density at radius 2 is 1.88 bits per heavy atom. The normalized spacial score (nSPS) is 26.6. The second kappa shape index (κ2) is 6.83. The van der Waals surface area contributed by atoms with Crippen molar-refractivity contribution in [3.8, 4) is 0 Å². The van der Waals surface area contributed by atoms with E-state index in [9.17, 15) is 9.59 Å². The highest BCUT2D eigenvalue weighted by Crippen LogP contribution is 2.40. The molecule has 1 atom stereocenters. The van der Waals surface area contributed by atoms with E-state index in [2.05, 4.69) is 37.4 Å². The van der Waals surface area contributed by atoms with E-state index in [1.54, 1.807) is 0 Å². The first-order chi connectivity index (χ1) is 11.4. The Kier molecular flexibility index (Phi) is 4.78. The van der Waals surface area contributed by atoms with Gasteiger partial charge in [0.15, 0.2) is 0 Å². The number of ether oxygens (including phenoxy) is 1. The van der Waals surface area contributed by atoms with E-state index >= 15 is 0 Å². The number of hydrogen-bond donors (Lipinski definition) is 1. The highest BCUT2D eigenvalue weighted by atomic mass is 16.5. The predicted octanol–water partition coefficient (Wildman–Crippen LogP) is 2.75. The van der Waals surface area contributed by atoms with Crippen molar-refractivity contribution in [2.75, 3.05) is 20.2 Å². The van der Waals surface area contributed by atoms with Crippen LogP contribution in [-0.4, -0.2) is 43.1 Å². The SMILES string of the molecule is Cc1cc(C)cc(C2CC(N(C)C(=O)[C@@H]3CCOC(=O)NC3)C2)c1. The fourth-order valence-electron chi connectivity index (χ4n) is 3.75. The second-order valence-electron chi connectivity index (χ2n) is 7.19. The van der Waals surface area contributed by atoms with Crippen LogP contribution in [0, 0.1) is 19.8 Å². The summed E-state index contributed by atoms with van der Waals surface area (Å²) >= 11 is 0. The van der Waals surface area contributed by atoms with Crippen LogP contribution < -0.4 is 5.32 Å². The molecule has 2 fully saturated rings. The van der Waals surface area contributed by atoms with Crippen LogP contribution in [0.3, 0.4) is 0 Å². The third kappa shape index (κ3) is 3.55. The first kappa shape index (κ1) is 16.8. The summed E-state index contributed by atoms with van der Waals surface area (Å²) in [7, 11) is 1.89. The van der Waals surface area contributed by atoms with Gasteiger partial charge in [0.25, 0.3) is 0 Å². The Morgan fingerprint density at radius 1 is 1.21 bits per heavy atom. The fourth-order valence-corrected chi connectivity index (χ4v) is 3.75. The molecule has 1 aromatic rings. The molecule has 24 heavy (non-hydrogen) atoms. The Bertz CT molecular complexity index is 617. The van der Waals surface area contributed by atoms with Crippen LogP contribution in [0.4, 0.5) is 4.79 Å². The lowest BCUT2D eigenvalue weighted by molar-refractivity contribution is -0.138. The third-order valence-corrected chi connectivity index (χ3v) is 5.27. The molecule has 0 unspecified atom stereocenters. The number of alkyl carbamates (subject to hydrolysis) is 1. The maximum atomic E-state index is 12.7. The number of cyclic esters (lactones) is 1. The maximum absolute atomic E-state index is 12.7. The summed E-state index contributed by atoms with van der Waals surface area (Å²) in [5.74, 6) is 0.479. The highest BCUT2D eigenvalue weighted by Gasteiger charge is 2.37. The number of aryl methyl sites for hydroxylation is 2. The molecule has 3 rings (SSSR count). The monoisotopic (exact) mass is 330 g/mol. The van der Waals surface area contributed by atoms with Gasteiger partial charge in [0, 0.05) is 19.6 Å². The van der Waals surface area contributed by atoms with E-state index in [1.807, 2.05) is 11.9 Å². The quantitative estimate of drug-likeness (QED) is 0.927. The molecule has 0 aromatic heterocycles. The molecule has 2 aliphatic rings. The van der Waals surface area contributed by atoms with Crippen molar-refractivity contribution in [2.24, 2.45) is 5.92 Å². The molecule has 1 saturated carbocycles. The average Bonchev–Trinajstić information content (AvgIpc) is 2.68. The Morgan fingerprint density at radius 3 is 2.54 bits per heavy atom. The molecule has 1 N–H and O–H groups in total. The van der Waals surface area contributed by atoms with Crippen molar-refractivity contribution < 1.29 is 14.3 Å². The van der Waals surface area contributed by atoms with Gasteiger partial charge in [-0.3, -0.25) is 4.79 Å². The number of amides is 2. The molecule has 0 spiro atoms. The van der Waals surface area contributed by atoms with Gasteiger partial charge in [-0.15, -0.1) is 0 Å². The van der Waals surface area contributed by atoms with Crippen LogP contribution in [-0.2, 0) is 9.53 Å². The summed E-state index contributed by atoms with van der Waals surface area (Å²) in [4.78, 5) is 25.8. The average molecular weight is 330 g/mol.